The molecule has 16 heavy (non-hydrogen) atoms. The van der Waals surface area contributed by atoms with Crippen molar-refractivity contribution in [3.05, 3.63) is 10.1 Å². The molecule has 0 saturated heterocycles. The Morgan fingerprint density at radius 1 is 1.69 bits per heavy atom. The first-order valence-corrected chi connectivity index (χ1v) is 8.92. The lowest BCUT2D eigenvalue weighted by Gasteiger charge is -2.26. The van der Waals surface area contributed by atoms with Gasteiger partial charge in [-0.2, -0.15) is 0 Å². The minimum atomic E-state index is -2.38. The molecular formula is C7H15N2O4PS2. The first-order chi connectivity index (χ1) is 7.46. The summed E-state index contributed by atoms with van der Waals surface area (Å²) in [6.45, 7) is 2.15. The Kier molecular flexibility index (Phi) is 7.91. The third kappa shape index (κ3) is 5.79. The Morgan fingerprint density at radius 3 is 2.75 bits per heavy atom. The lowest BCUT2D eigenvalue weighted by molar-refractivity contribution is -0.479. The molecule has 6 nitrogen and oxygen atoms in total. The minimum Gasteiger partial charge on any atom is -0.327 e. The lowest BCUT2D eigenvalue weighted by atomic mass is 10.5. The molecule has 0 aromatic rings. The van der Waals surface area contributed by atoms with Gasteiger partial charge in [-0.05, 0) is 18.7 Å². The second kappa shape index (κ2) is 8.00. The Hall–Kier alpha value is -0.170. The van der Waals surface area contributed by atoms with Gasteiger partial charge >= 0.3 is 0 Å². The van der Waals surface area contributed by atoms with Crippen LogP contribution in [0, 0.1) is 10.1 Å². The monoisotopic (exact) mass is 286 g/mol. The molecule has 0 aromatic heterocycles. The summed E-state index contributed by atoms with van der Waals surface area (Å²) in [5.74, 6) is 0.524. The van der Waals surface area contributed by atoms with E-state index >= 15 is 0 Å². The molecule has 0 radical (unpaired) electrons. The smallest absolute Gasteiger partial charge is 0.215 e. The van der Waals surface area contributed by atoms with Crippen molar-refractivity contribution in [3.63, 3.8) is 0 Å². The second-order valence-corrected chi connectivity index (χ2v) is 9.74. The van der Waals surface area contributed by atoms with E-state index in [1.54, 1.807) is 14.0 Å². The van der Waals surface area contributed by atoms with Gasteiger partial charge in [0.25, 0.3) is 0 Å². The van der Waals surface area contributed by atoms with Gasteiger partial charge in [-0.15, -0.1) is 0 Å². The number of carbonyl (C=O) groups excluding carboxylic acids is 1. The molecule has 0 heterocycles. The number of nitrogens with zero attached hydrogens (tertiary/aromatic N) is 2. The van der Waals surface area contributed by atoms with Crippen LogP contribution in [0.25, 0.3) is 0 Å². The summed E-state index contributed by atoms with van der Waals surface area (Å²) in [7, 11) is 1.57. The van der Waals surface area contributed by atoms with Crippen molar-refractivity contribution in [3.8, 4) is 0 Å². The summed E-state index contributed by atoms with van der Waals surface area (Å²) >= 11 is 6.60. The third-order valence-corrected chi connectivity index (χ3v) is 8.47. The summed E-state index contributed by atoms with van der Waals surface area (Å²) < 4.78 is 6.75. The molecule has 0 aliphatic heterocycles. The molecular weight excluding hydrogens is 271 g/mol. The van der Waals surface area contributed by atoms with Crippen LogP contribution in [0.15, 0.2) is 0 Å². The van der Waals surface area contributed by atoms with Crippen molar-refractivity contribution in [2.24, 2.45) is 0 Å². The van der Waals surface area contributed by atoms with E-state index < -0.39 is 5.62 Å². The number of carbonyl (C=O) groups is 1. The maximum absolute atomic E-state index is 10.7. The van der Waals surface area contributed by atoms with Crippen LogP contribution in [0.1, 0.15) is 13.3 Å². The predicted octanol–water partition coefficient (Wildman–Crippen LogP) is 1.74. The first kappa shape index (κ1) is 15.8. The molecule has 0 bridgehead atoms. The van der Waals surface area contributed by atoms with Gasteiger partial charge in [-0.1, -0.05) is 11.4 Å². The molecule has 0 aliphatic rings. The zero-order valence-corrected chi connectivity index (χ0v) is 11.7. The second-order valence-electron chi connectivity index (χ2n) is 2.81. The van der Waals surface area contributed by atoms with E-state index in [0.717, 1.165) is 0 Å². The molecule has 0 saturated carbocycles. The largest absolute Gasteiger partial charge is 0.327 e. The molecule has 1 atom stereocenters. The quantitative estimate of drug-likeness (QED) is 0.211. The predicted molar refractivity (Wildman–Crippen MR) is 68.7 cm³/mol. The molecule has 0 aliphatic carbocycles. The zero-order chi connectivity index (χ0) is 12.6. The van der Waals surface area contributed by atoms with Crippen LogP contribution in [0.2, 0.25) is 0 Å². The van der Waals surface area contributed by atoms with Crippen LogP contribution in [-0.2, 0) is 21.1 Å². The van der Waals surface area contributed by atoms with Crippen LogP contribution < -0.4 is 0 Å². The van der Waals surface area contributed by atoms with Gasteiger partial charge in [0.15, 0.2) is 0 Å². The Balaban J connectivity index is 4.18. The van der Waals surface area contributed by atoms with E-state index in [-0.39, 0.29) is 11.5 Å². The van der Waals surface area contributed by atoms with Crippen LogP contribution in [0.4, 0.5) is 0 Å². The van der Waals surface area contributed by atoms with E-state index in [1.165, 1.54) is 16.1 Å². The van der Waals surface area contributed by atoms with Gasteiger partial charge < -0.3 is 4.52 Å². The number of hydrogen-bond acceptors (Lipinski definition) is 6. The Labute approximate surface area is 104 Å². The van der Waals surface area contributed by atoms with Crippen molar-refractivity contribution < 1.29 is 14.2 Å². The normalized spacial score (nSPS) is 14.1. The van der Waals surface area contributed by atoms with E-state index in [9.17, 15) is 14.9 Å². The number of amides is 1. The van der Waals surface area contributed by atoms with Gasteiger partial charge in [0.05, 0.1) is 6.61 Å². The van der Waals surface area contributed by atoms with Gasteiger partial charge in [0, 0.05) is 24.1 Å². The van der Waals surface area contributed by atoms with Crippen LogP contribution in [-0.4, -0.2) is 42.0 Å². The fraction of sp³-hybridized carbons (Fsp3) is 0.857. The summed E-state index contributed by atoms with van der Waals surface area (Å²) in [5, 5.41) is 10.1. The first-order valence-electron chi connectivity index (χ1n) is 4.65. The summed E-state index contributed by atoms with van der Waals surface area (Å²) in [6, 6.07) is 0. The zero-order valence-electron chi connectivity index (χ0n) is 9.20. The summed E-state index contributed by atoms with van der Waals surface area (Å²) in [6.07, 6.45) is 1.06. The fourth-order valence-corrected chi connectivity index (χ4v) is 5.57. The standard InChI is InChI=1S/C7H15N2O4PS2/c1-3-13-14(15,8(2)7-10)16-6-4-5-9(11)12/h7H,3-6H2,1-2H3. The maximum atomic E-state index is 10.7. The third-order valence-electron chi connectivity index (χ3n) is 1.57. The fourth-order valence-electron chi connectivity index (χ4n) is 0.814. The van der Waals surface area contributed by atoms with Gasteiger partial charge in [-0.3, -0.25) is 19.6 Å². The molecule has 0 fully saturated rings. The molecule has 0 N–H and O–H groups in total. The van der Waals surface area contributed by atoms with Crippen molar-refractivity contribution in [1.82, 2.24) is 4.67 Å². The Bertz CT molecular complexity index is 290. The molecule has 0 rings (SSSR count). The maximum Gasteiger partial charge on any atom is 0.215 e. The van der Waals surface area contributed by atoms with E-state index in [0.29, 0.717) is 25.2 Å². The summed E-state index contributed by atoms with van der Waals surface area (Å²) in [5.41, 5.74) is -2.38. The molecule has 94 valence electrons. The van der Waals surface area contributed by atoms with Gasteiger partial charge in [0.2, 0.25) is 18.6 Å². The number of hydrogen-bond donors (Lipinski definition) is 0. The van der Waals surface area contributed by atoms with E-state index in [2.05, 4.69) is 0 Å². The summed E-state index contributed by atoms with van der Waals surface area (Å²) in [4.78, 5) is 20.4. The topological polar surface area (TPSA) is 72.7 Å². The van der Waals surface area contributed by atoms with Crippen molar-refractivity contribution in [2.45, 2.75) is 13.3 Å². The van der Waals surface area contributed by atoms with Crippen LogP contribution >= 0.6 is 17.0 Å². The Morgan fingerprint density at radius 2 is 2.31 bits per heavy atom. The van der Waals surface area contributed by atoms with Crippen molar-refractivity contribution in [1.29, 1.82) is 0 Å². The molecule has 9 heteroatoms. The minimum absolute atomic E-state index is 0.0841. The molecule has 1 unspecified atom stereocenters. The molecule has 1 amide bonds. The lowest BCUT2D eigenvalue weighted by Crippen LogP contribution is -2.13. The molecule has 0 spiro atoms. The SMILES string of the molecule is CCOP(=S)(SCCC[N+](=O)[O-])N(C)C=O. The average Bonchev–Trinajstić information content (AvgIpc) is 2.23. The van der Waals surface area contributed by atoms with E-state index in [1.807, 2.05) is 0 Å². The van der Waals surface area contributed by atoms with Crippen molar-refractivity contribution in [2.75, 3.05) is 26.0 Å². The van der Waals surface area contributed by atoms with Gasteiger partial charge in [-0.25, -0.2) is 0 Å². The number of nitro groups is 1. The highest BCUT2D eigenvalue weighted by Gasteiger charge is 2.23. The molecule has 0 aromatic carbocycles. The number of rotatable bonds is 9. The van der Waals surface area contributed by atoms with Crippen LogP contribution in [0.5, 0.6) is 0 Å². The van der Waals surface area contributed by atoms with Gasteiger partial charge in [0.1, 0.15) is 0 Å². The van der Waals surface area contributed by atoms with E-state index in [4.69, 9.17) is 16.3 Å². The highest BCUT2D eigenvalue weighted by atomic mass is 32.9. The van der Waals surface area contributed by atoms with Crippen LogP contribution in [0.3, 0.4) is 0 Å². The average molecular weight is 286 g/mol. The van der Waals surface area contributed by atoms with Crippen molar-refractivity contribution >= 4 is 35.2 Å². The highest BCUT2D eigenvalue weighted by molar-refractivity contribution is 8.68. The highest BCUT2D eigenvalue weighted by Crippen LogP contribution is 2.61.